The number of hydrogen-bond donors (Lipinski definition) is 2. The van der Waals surface area contributed by atoms with Crippen molar-refractivity contribution in [3.05, 3.63) is 22.7 Å². The van der Waals surface area contributed by atoms with E-state index in [2.05, 4.69) is 20.8 Å². The molecule has 0 saturated heterocycles. The molecule has 0 spiro atoms. The van der Waals surface area contributed by atoms with Gasteiger partial charge in [0.05, 0.1) is 5.69 Å². The highest BCUT2D eigenvalue weighted by molar-refractivity contribution is 7.12. The molecule has 104 valence electrons. The monoisotopic (exact) mass is 293 g/mol. The third-order valence-electron chi connectivity index (χ3n) is 3.42. The zero-order chi connectivity index (χ0) is 14.2. The van der Waals surface area contributed by atoms with Crippen LogP contribution in [0.25, 0.3) is 5.69 Å². The molecule has 0 aromatic carbocycles. The number of nitrogens with zero attached hydrogens (tertiary/aromatic N) is 4. The Morgan fingerprint density at radius 3 is 2.80 bits per heavy atom. The summed E-state index contributed by atoms with van der Waals surface area (Å²) in [5.41, 5.74) is -0.587. The largest absolute Gasteiger partial charge is 0.480 e. The number of thiophene rings is 1. The minimum atomic E-state index is -1.13. The fourth-order valence-electron chi connectivity index (χ4n) is 2.12. The van der Waals surface area contributed by atoms with Gasteiger partial charge < -0.3 is 10.4 Å². The molecule has 8 nitrogen and oxygen atoms in total. The molecular weight excluding hydrogens is 282 g/mol. The molecule has 20 heavy (non-hydrogen) atoms. The number of nitrogens with one attached hydrogen (secondary N) is 1. The van der Waals surface area contributed by atoms with Crippen LogP contribution in [-0.4, -0.2) is 42.7 Å². The van der Waals surface area contributed by atoms with E-state index in [0.717, 1.165) is 6.42 Å². The van der Waals surface area contributed by atoms with Gasteiger partial charge in [0.2, 0.25) is 0 Å². The second-order valence-corrected chi connectivity index (χ2v) is 5.50. The standard InChI is InChI=1S/C11H11N5O3S/c17-9(13-11(10(18)19)3-1-4-11)8-7(2-5-20-8)16-6-12-14-15-16/h2,5-6H,1,3-4H2,(H,13,17)(H,18,19). The third-order valence-corrected chi connectivity index (χ3v) is 4.32. The zero-order valence-corrected chi connectivity index (χ0v) is 11.1. The Kier molecular flexibility index (Phi) is 2.97. The highest BCUT2D eigenvalue weighted by Crippen LogP contribution is 2.33. The summed E-state index contributed by atoms with van der Waals surface area (Å²) >= 11 is 1.22. The highest BCUT2D eigenvalue weighted by atomic mass is 32.1. The summed E-state index contributed by atoms with van der Waals surface area (Å²) in [4.78, 5) is 24.0. The molecular formula is C11H11N5O3S. The molecule has 2 N–H and O–H groups in total. The zero-order valence-electron chi connectivity index (χ0n) is 10.3. The molecule has 2 aromatic heterocycles. The van der Waals surface area contributed by atoms with E-state index in [-0.39, 0.29) is 0 Å². The van der Waals surface area contributed by atoms with Gasteiger partial charge in [-0.3, -0.25) is 4.79 Å². The van der Waals surface area contributed by atoms with Crippen LogP contribution >= 0.6 is 11.3 Å². The smallest absolute Gasteiger partial charge is 0.329 e. The van der Waals surface area contributed by atoms with E-state index in [1.54, 1.807) is 11.4 Å². The van der Waals surface area contributed by atoms with Crippen LogP contribution in [0, 0.1) is 0 Å². The van der Waals surface area contributed by atoms with Gasteiger partial charge in [-0.1, -0.05) is 0 Å². The van der Waals surface area contributed by atoms with Crippen LogP contribution in [-0.2, 0) is 4.79 Å². The summed E-state index contributed by atoms with van der Waals surface area (Å²) in [5, 5.41) is 24.4. The van der Waals surface area contributed by atoms with E-state index in [0.29, 0.717) is 23.4 Å². The lowest BCUT2D eigenvalue weighted by molar-refractivity contribution is -0.148. The van der Waals surface area contributed by atoms with Crippen LogP contribution in [0.3, 0.4) is 0 Å². The Labute approximate surface area is 117 Å². The SMILES string of the molecule is O=C(NC1(C(=O)O)CCC1)c1sccc1-n1cnnn1. The van der Waals surface area contributed by atoms with Crippen molar-refractivity contribution in [2.75, 3.05) is 0 Å². The minimum absolute atomic E-state index is 0.393. The summed E-state index contributed by atoms with van der Waals surface area (Å²) in [7, 11) is 0. The van der Waals surface area contributed by atoms with Crippen LogP contribution in [0.4, 0.5) is 0 Å². The summed E-state index contributed by atoms with van der Waals surface area (Å²) in [6.07, 6.45) is 3.10. The molecule has 0 bridgehead atoms. The summed E-state index contributed by atoms with van der Waals surface area (Å²) in [6, 6.07) is 1.71. The summed E-state index contributed by atoms with van der Waals surface area (Å²) in [5.74, 6) is -1.40. The Bertz CT molecular complexity index is 647. The van der Waals surface area contributed by atoms with Crippen molar-refractivity contribution in [2.45, 2.75) is 24.8 Å². The number of aliphatic carboxylic acids is 1. The van der Waals surface area contributed by atoms with Gasteiger partial charge >= 0.3 is 5.97 Å². The number of carboxylic acids is 1. The normalized spacial score (nSPS) is 16.4. The maximum Gasteiger partial charge on any atom is 0.329 e. The summed E-state index contributed by atoms with van der Waals surface area (Å²) in [6.45, 7) is 0. The van der Waals surface area contributed by atoms with Gasteiger partial charge in [0, 0.05) is 0 Å². The van der Waals surface area contributed by atoms with Gasteiger partial charge in [0.15, 0.2) is 0 Å². The first-order chi connectivity index (χ1) is 9.62. The highest BCUT2D eigenvalue weighted by Gasteiger charge is 2.46. The molecule has 1 amide bonds. The molecule has 9 heteroatoms. The molecule has 0 radical (unpaired) electrons. The van der Waals surface area contributed by atoms with Crippen molar-refractivity contribution in [3.63, 3.8) is 0 Å². The molecule has 2 heterocycles. The molecule has 2 aromatic rings. The molecule has 0 atom stereocenters. The average Bonchev–Trinajstić information content (AvgIpc) is 3.01. The second kappa shape index (κ2) is 4.67. The van der Waals surface area contributed by atoms with E-state index in [4.69, 9.17) is 0 Å². The maximum atomic E-state index is 12.3. The Morgan fingerprint density at radius 1 is 1.45 bits per heavy atom. The van der Waals surface area contributed by atoms with Gasteiger partial charge in [-0.2, -0.15) is 4.68 Å². The first kappa shape index (κ1) is 12.7. The fourth-order valence-corrected chi connectivity index (χ4v) is 2.89. The van der Waals surface area contributed by atoms with E-state index in [9.17, 15) is 14.7 Å². The number of tetrazole rings is 1. The number of carbonyl (C=O) groups is 2. The van der Waals surface area contributed by atoms with E-state index in [1.807, 2.05) is 0 Å². The number of carbonyl (C=O) groups excluding carboxylic acids is 1. The lowest BCUT2D eigenvalue weighted by Gasteiger charge is -2.38. The van der Waals surface area contributed by atoms with Crippen molar-refractivity contribution in [3.8, 4) is 5.69 Å². The van der Waals surface area contributed by atoms with Crippen LogP contribution < -0.4 is 5.32 Å². The van der Waals surface area contributed by atoms with Gasteiger partial charge in [-0.05, 0) is 41.1 Å². The van der Waals surface area contributed by atoms with Crippen molar-refractivity contribution in [1.29, 1.82) is 0 Å². The van der Waals surface area contributed by atoms with E-state index in [1.165, 1.54) is 22.3 Å². The summed E-state index contributed by atoms with van der Waals surface area (Å²) < 4.78 is 1.37. The molecule has 3 rings (SSSR count). The topological polar surface area (TPSA) is 110 Å². The molecule has 1 aliphatic rings. The second-order valence-electron chi connectivity index (χ2n) is 4.58. The van der Waals surface area contributed by atoms with Gasteiger partial charge in [-0.25, -0.2) is 4.79 Å². The fraction of sp³-hybridized carbons (Fsp3) is 0.364. The van der Waals surface area contributed by atoms with Crippen LogP contribution in [0.5, 0.6) is 0 Å². The Hall–Kier alpha value is -2.29. The Morgan fingerprint density at radius 2 is 2.25 bits per heavy atom. The molecule has 1 saturated carbocycles. The van der Waals surface area contributed by atoms with Crippen LogP contribution in [0.15, 0.2) is 17.8 Å². The predicted molar refractivity (Wildman–Crippen MR) is 68.7 cm³/mol. The van der Waals surface area contributed by atoms with Crippen LogP contribution in [0.1, 0.15) is 28.9 Å². The van der Waals surface area contributed by atoms with Crippen molar-refractivity contribution in [2.24, 2.45) is 0 Å². The molecule has 1 aliphatic carbocycles. The molecule has 0 aliphatic heterocycles. The lowest BCUT2D eigenvalue weighted by Crippen LogP contribution is -2.59. The quantitative estimate of drug-likeness (QED) is 0.847. The Balaban J connectivity index is 1.85. The van der Waals surface area contributed by atoms with Crippen LogP contribution in [0.2, 0.25) is 0 Å². The van der Waals surface area contributed by atoms with E-state index < -0.39 is 17.4 Å². The minimum Gasteiger partial charge on any atom is -0.480 e. The first-order valence-corrected chi connectivity index (χ1v) is 6.87. The number of aromatic nitrogens is 4. The average molecular weight is 293 g/mol. The van der Waals surface area contributed by atoms with Gasteiger partial charge in [-0.15, -0.1) is 16.4 Å². The lowest BCUT2D eigenvalue weighted by atomic mass is 9.76. The van der Waals surface area contributed by atoms with E-state index >= 15 is 0 Å². The number of rotatable bonds is 4. The maximum absolute atomic E-state index is 12.3. The van der Waals surface area contributed by atoms with Crippen molar-refractivity contribution >= 4 is 23.2 Å². The van der Waals surface area contributed by atoms with Gasteiger partial charge in [0.1, 0.15) is 16.7 Å². The van der Waals surface area contributed by atoms with Crippen molar-refractivity contribution in [1.82, 2.24) is 25.5 Å². The van der Waals surface area contributed by atoms with Crippen molar-refractivity contribution < 1.29 is 14.7 Å². The van der Waals surface area contributed by atoms with Gasteiger partial charge in [0.25, 0.3) is 5.91 Å². The number of carboxylic acid groups (broad SMARTS) is 1. The predicted octanol–water partition coefficient (Wildman–Crippen LogP) is 0.461. The third kappa shape index (κ3) is 1.95. The first-order valence-electron chi connectivity index (χ1n) is 5.99. The number of hydrogen-bond acceptors (Lipinski definition) is 6. The molecule has 1 fully saturated rings. The number of amides is 1. The molecule has 0 unspecified atom stereocenters.